The zero-order valence-electron chi connectivity index (χ0n) is 20.2. The SMILES string of the molecule is CCN(Cc1nnc(C(F)(F)F)n1C)C(=O)CC(Cc1cc(F)c(F)cc1F)=NC(=O)OC(C)(C)C. The Morgan fingerprint density at radius 1 is 1.06 bits per heavy atom. The molecule has 1 aromatic heterocycles. The summed E-state index contributed by atoms with van der Waals surface area (Å²) in [5, 5.41) is 6.59. The fourth-order valence-electron chi connectivity index (χ4n) is 3.05. The van der Waals surface area contributed by atoms with Crippen LogP contribution in [0.1, 0.15) is 51.3 Å². The molecule has 0 aliphatic rings. The lowest BCUT2D eigenvalue weighted by Gasteiger charge is -2.21. The van der Waals surface area contributed by atoms with Crippen molar-refractivity contribution in [2.24, 2.45) is 12.0 Å². The maximum atomic E-state index is 14.2. The number of hydrogen-bond donors (Lipinski definition) is 0. The number of aromatic nitrogens is 3. The first-order valence-corrected chi connectivity index (χ1v) is 10.7. The Bertz CT molecular complexity index is 1150. The van der Waals surface area contributed by atoms with Crippen LogP contribution in [-0.4, -0.2) is 49.5 Å². The Morgan fingerprint density at radius 2 is 1.67 bits per heavy atom. The molecule has 8 nitrogen and oxygen atoms in total. The summed E-state index contributed by atoms with van der Waals surface area (Å²) < 4.78 is 86.0. The summed E-state index contributed by atoms with van der Waals surface area (Å²) in [7, 11) is 1.09. The number of rotatable bonds is 7. The molecule has 0 N–H and O–H groups in total. The maximum Gasteiger partial charge on any atom is 0.451 e. The lowest BCUT2D eigenvalue weighted by atomic mass is 10.0. The molecule has 0 saturated heterocycles. The van der Waals surface area contributed by atoms with Crippen LogP contribution in [0.3, 0.4) is 0 Å². The molecule has 0 bridgehead atoms. The van der Waals surface area contributed by atoms with Gasteiger partial charge >= 0.3 is 12.3 Å². The summed E-state index contributed by atoms with van der Waals surface area (Å²) in [5.41, 5.74) is -1.54. The topological polar surface area (TPSA) is 89.7 Å². The molecular formula is C22H25F6N5O3. The maximum absolute atomic E-state index is 14.2. The van der Waals surface area contributed by atoms with Gasteiger partial charge in [0.25, 0.3) is 0 Å². The minimum absolute atomic E-state index is 0.0340. The van der Waals surface area contributed by atoms with Gasteiger partial charge in [0.1, 0.15) is 11.4 Å². The molecular weight excluding hydrogens is 496 g/mol. The van der Waals surface area contributed by atoms with E-state index in [1.165, 1.54) is 0 Å². The van der Waals surface area contributed by atoms with Crippen molar-refractivity contribution in [3.05, 3.63) is 46.8 Å². The summed E-state index contributed by atoms with van der Waals surface area (Å²) in [6.07, 6.45) is -6.97. The Balaban J connectivity index is 2.32. The van der Waals surface area contributed by atoms with Gasteiger partial charge in [0, 0.05) is 31.8 Å². The highest BCUT2D eigenvalue weighted by molar-refractivity contribution is 6.05. The molecule has 36 heavy (non-hydrogen) atoms. The second-order valence-electron chi connectivity index (χ2n) is 8.77. The van der Waals surface area contributed by atoms with Gasteiger partial charge in [-0.2, -0.15) is 18.2 Å². The quantitative estimate of drug-likeness (QED) is 0.302. The lowest BCUT2D eigenvalue weighted by molar-refractivity contribution is -0.147. The highest BCUT2D eigenvalue weighted by atomic mass is 19.4. The molecule has 198 valence electrons. The molecule has 0 spiro atoms. The summed E-state index contributed by atoms with van der Waals surface area (Å²) >= 11 is 0. The largest absolute Gasteiger partial charge is 0.451 e. The van der Waals surface area contributed by atoms with Gasteiger partial charge in [0.15, 0.2) is 17.5 Å². The smallest absolute Gasteiger partial charge is 0.442 e. The van der Waals surface area contributed by atoms with Crippen LogP contribution < -0.4 is 0 Å². The average molecular weight is 521 g/mol. The van der Waals surface area contributed by atoms with E-state index >= 15 is 0 Å². The van der Waals surface area contributed by atoms with Crippen LogP contribution in [0, 0.1) is 17.5 Å². The fourth-order valence-corrected chi connectivity index (χ4v) is 3.05. The van der Waals surface area contributed by atoms with Gasteiger partial charge in [-0.3, -0.25) is 4.79 Å². The number of aliphatic imine (C=N–C) groups is 1. The number of carbonyl (C=O) groups excluding carboxylic acids is 2. The number of benzene rings is 1. The number of alkyl halides is 3. The second-order valence-corrected chi connectivity index (χ2v) is 8.77. The Labute approximate surface area is 203 Å². The van der Waals surface area contributed by atoms with E-state index in [1.807, 2.05) is 0 Å². The minimum Gasteiger partial charge on any atom is -0.442 e. The zero-order valence-corrected chi connectivity index (χ0v) is 20.2. The van der Waals surface area contributed by atoms with Crippen molar-refractivity contribution in [3.8, 4) is 0 Å². The molecule has 0 unspecified atom stereocenters. The van der Waals surface area contributed by atoms with Gasteiger partial charge in [0.05, 0.1) is 13.0 Å². The van der Waals surface area contributed by atoms with E-state index in [9.17, 15) is 35.9 Å². The third kappa shape index (κ3) is 7.78. The van der Waals surface area contributed by atoms with E-state index in [4.69, 9.17) is 4.74 Å². The fraction of sp³-hybridized carbons (Fsp3) is 0.500. The molecule has 2 aromatic rings. The standard InChI is InChI=1S/C22H25F6N5O3/c1-6-33(11-17-30-31-19(32(17)5)22(26,27)28)18(34)9-13(29-20(35)36-21(2,3)4)7-12-8-15(24)16(25)10-14(12)23/h8,10H,6-7,9,11H2,1-5H3. The van der Waals surface area contributed by atoms with E-state index in [2.05, 4.69) is 15.2 Å². The molecule has 0 aliphatic heterocycles. The van der Waals surface area contributed by atoms with E-state index in [0.717, 1.165) is 11.9 Å². The van der Waals surface area contributed by atoms with Gasteiger partial charge in [-0.05, 0) is 39.3 Å². The minimum atomic E-state index is -4.75. The predicted octanol–water partition coefficient (Wildman–Crippen LogP) is 4.61. The van der Waals surface area contributed by atoms with Gasteiger partial charge in [-0.25, -0.2) is 18.0 Å². The number of hydrogen-bond acceptors (Lipinski definition) is 5. The first kappa shape index (κ1) is 28.8. The highest BCUT2D eigenvalue weighted by Gasteiger charge is 2.37. The van der Waals surface area contributed by atoms with Gasteiger partial charge < -0.3 is 14.2 Å². The van der Waals surface area contributed by atoms with Crippen molar-refractivity contribution in [3.63, 3.8) is 0 Å². The number of ether oxygens (including phenoxy) is 1. The lowest BCUT2D eigenvalue weighted by Crippen LogP contribution is -2.33. The normalized spacial score (nSPS) is 12.6. The molecule has 0 aliphatic carbocycles. The Kier molecular flexibility index (Phi) is 8.86. The number of halogens is 6. The molecule has 0 radical (unpaired) electrons. The Hall–Kier alpha value is -3.45. The van der Waals surface area contributed by atoms with Gasteiger partial charge in [0.2, 0.25) is 11.7 Å². The van der Waals surface area contributed by atoms with Crippen molar-refractivity contribution in [2.45, 2.75) is 58.9 Å². The van der Waals surface area contributed by atoms with Gasteiger partial charge in [-0.1, -0.05) is 0 Å². The van der Waals surface area contributed by atoms with Crippen molar-refractivity contribution >= 4 is 17.7 Å². The van der Waals surface area contributed by atoms with E-state index in [-0.39, 0.29) is 30.2 Å². The molecule has 0 saturated carbocycles. The summed E-state index contributed by atoms with van der Waals surface area (Å²) in [6.45, 7) is 5.93. The van der Waals surface area contributed by atoms with E-state index in [1.54, 1.807) is 27.7 Å². The first-order chi connectivity index (χ1) is 16.5. The molecule has 2 amide bonds. The molecule has 2 rings (SSSR count). The zero-order chi connectivity index (χ0) is 27.4. The molecule has 1 heterocycles. The third-order valence-electron chi connectivity index (χ3n) is 4.77. The summed E-state index contributed by atoms with van der Waals surface area (Å²) in [5.74, 6) is -5.98. The molecule has 0 atom stereocenters. The number of carbonyl (C=O) groups is 2. The molecule has 1 aromatic carbocycles. The average Bonchev–Trinajstić information content (AvgIpc) is 3.09. The van der Waals surface area contributed by atoms with E-state index < -0.39 is 59.9 Å². The van der Waals surface area contributed by atoms with Crippen LogP contribution in [0.5, 0.6) is 0 Å². The van der Waals surface area contributed by atoms with Crippen LogP contribution >= 0.6 is 0 Å². The summed E-state index contributed by atoms with van der Waals surface area (Å²) in [4.78, 5) is 30.0. The van der Waals surface area contributed by atoms with Gasteiger partial charge in [-0.15, -0.1) is 10.2 Å². The van der Waals surface area contributed by atoms with Crippen LogP contribution in [0.15, 0.2) is 17.1 Å². The summed E-state index contributed by atoms with van der Waals surface area (Å²) in [6, 6.07) is 0.901. The Morgan fingerprint density at radius 3 is 2.19 bits per heavy atom. The number of amides is 2. The van der Waals surface area contributed by atoms with Crippen LogP contribution in [0.2, 0.25) is 0 Å². The monoisotopic (exact) mass is 521 g/mol. The first-order valence-electron chi connectivity index (χ1n) is 10.7. The van der Waals surface area contributed by atoms with Crippen molar-refractivity contribution < 1.29 is 40.7 Å². The second kappa shape index (κ2) is 11.1. The molecule has 0 fully saturated rings. The van der Waals surface area contributed by atoms with Crippen molar-refractivity contribution in [2.75, 3.05) is 6.54 Å². The highest BCUT2D eigenvalue weighted by Crippen LogP contribution is 2.27. The predicted molar refractivity (Wildman–Crippen MR) is 115 cm³/mol. The van der Waals surface area contributed by atoms with Crippen molar-refractivity contribution in [1.82, 2.24) is 19.7 Å². The van der Waals surface area contributed by atoms with Crippen LogP contribution in [0.4, 0.5) is 31.1 Å². The molecule has 14 heteroatoms. The number of nitrogens with zero attached hydrogens (tertiary/aromatic N) is 5. The third-order valence-corrected chi connectivity index (χ3v) is 4.77. The van der Waals surface area contributed by atoms with Crippen LogP contribution in [0.25, 0.3) is 0 Å². The van der Waals surface area contributed by atoms with Crippen LogP contribution in [-0.2, 0) is 35.7 Å². The van der Waals surface area contributed by atoms with E-state index in [0.29, 0.717) is 16.7 Å². The van der Waals surface area contributed by atoms with Crippen molar-refractivity contribution in [1.29, 1.82) is 0 Å².